The van der Waals surface area contributed by atoms with E-state index in [1.165, 1.54) is 0 Å². The molecule has 0 atom stereocenters. The van der Waals surface area contributed by atoms with Crippen LogP contribution in [0.25, 0.3) is 55.9 Å². The van der Waals surface area contributed by atoms with Crippen molar-refractivity contribution in [2.24, 2.45) is 0 Å². The molecular formula is C35H29N7O. The number of methoxy groups -OCH3 is 1. The summed E-state index contributed by atoms with van der Waals surface area (Å²) in [5.74, 6) is 2.22. The van der Waals surface area contributed by atoms with Gasteiger partial charge in [-0.3, -0.25) is 8.80 Å². The van der Waals surface area contributed by atoms with Gasteiger partial charge >= 0.3 is 0 Å². The number of hydrogen-bond acceptors (Lipinski definition) is 6. The Hall–Kier alpha value is -5.89. The molecule has 0 saturated carbocycles. The van der Waals surface area contributed by atoms with Gasteiger partial charge in [0, 0.05) is 17.4 Å². The molecule has 8 rings (SSSR count). The van der Waals surface area contributed by atoms with Crippen LogP contribution in [0.2, 0.25) is 0 Å². The molecule has 0 bridgehead atoms. The van der Waals surface area contributed by atoms with Gasteiger partial charge in [0.05, 0.1) is 34.9 Å². The first-order chi connectivity index (χ1) is 21.0. The minimum atomic E-state index is 0.678. The molecule has 0 spiro atoms. The predicted octanol–water partition coefficient (Wildman–Crippen LogP) is 7.19. The molecule has 4 heterocycles. The van der Waals surface area contributed by atoms with Gasteiger partial charge in [-0.1, -0.05) is 48.5 Å². The summed E-state index contributed by atoms with van der Waals surface area (Å²) in [6.07, 6.45) is 2.00. The second kappa shape index (κ2) is 10.5. The Labute approximate surface area is 247 Å². The van der Waals surface area contributed by atoms with Gasteiger partial charge in [-0.25, -0.2) is 15.0 Å². The molecule has 43 heavy (non-hydrogen) atoms. The number of ether oxygens (including phenoxy) is 1. The van der Waals surface area contributed by atoms with Crippen LogP contribution in [0.3, 0.4) is 0 Å². The van der Waals surface area contributed by atoms with Crippen molar-refractivity contribution >= 4 is 45.0 Å². The Balaban J connectivity index is 0.000000140. The fourth-order valence-corrected chi connectivity index (χ4v) is 5.28. The summed E-state index contributed by atoms with van der Waals surface area (Å²) in [6.45, 7) is 2.00. The molecule has 210 valence electrons. The third kappa shape index (κ3) is 4.74. The summed E-state index contributed by atoms with van der Waals surface area (Å²) >= 11 is 0. The van der Waals surface area contributed by atoms with Crippen LogP contribution in [-0.4, -0.2) is 30.9 Å². The van der Waals surface area contributed by atoms with E-state index in [1.54, 1.807) is 7.11 Å². The first kappa shape index (κ1) is 26.0. The smallest absolute Gasteiger partial charge is 0.235 e. The fourth-order valence-electron chi connectivity index (χ4n) is 5.28. The standard InChI is InChI=1S/C18H15N3O.C17H14N4/c1-22-14-8-6-12(7-9-14)13-10-17(19)21-16-5-3-2-4-15(16)20-18(21)11-13;1-11-6-7-12(10-13(11)18)14-8-9-21-16-5-3-2-4-15(16)20-17(21)19-14/h2-11H,19H2,1H3;2-10H,18H2,1H3. The second-order valence-corrected chi connectivity index (χ2v) is 10.3. The number of hydrogen-bond donors (Lipinski definition) is 2. The van der Waals surface area contributed by atoms with Crippen LogP contribution in [-0.2, 0) is 0 Å². The quantitative estimate of drug-likeness (QED) is 0.220. The van der Waals surface area contributed by atoms with Gasteiger partial charge in [-0.05, 0) is 84.3 Å². The van der Waals surface area contributed by atoms with Gasteiger partial charge in [0.25, 0.3) is 0 Å². The van der Waals surface area contributed by atoms with Gasteiger partial charge in [-0.2, -0.15) is 0 Å². The largest absolute Gasteiger partial charge is 0.497 e. The van der Waals surface area contributed by atoms with Crippen LogP contribution in [0.15, 0.2) is 115 Å². The van der Waals surface area contributed by atoms with Gasteiger partial charge in [0.2, 0.25) is 5.78 Å². The van der Waals surface area contributed by atoms with Crippen molar-refractivity contribution in [2.45, 2.75) is 6.92 Å². The van der Waals surface area contributed by atoms with Crippen LogP contribution in [0, 0.1) is 6.92 Å². The topological polar surface area (TPSA) is 109 Å². The number of fused-ring (bicyclic) bond motifs is 6. The molecule has 0 aliphatic heterocycles. The summed E-state index contributed by atoms with van der Waals surface area (Å²) in [5.41, 5.74) is 23.0. The summed E-state index contributed by atoms with van der Waals surface area (Å²) in [5, 5.41) is 0. The SMILES string of the molecule is COc1ccc(-c2cc(N)n3c(c2)nc2ccccc23)cc1.Cc1ccc(-c2ccn3c(n2)nc2ccccc23)cc1N. The average molecular weight is 564 g/mol. The monoisotopic (exact) mass is 563 g/mol. The number of benzene rings is 4. The Bertz CT molecular complexity index is 2270. The molecule has 0 amide bonds. The molecular weight excluding hydrogens is 534 g/mol. The maximum Gasteiger partial charge on any atom is 0.235 e. The van der Waals surface area contributed by atoms with Crippen LogP contribution in [0.4, 0.5) is 11.5 Å². The Morgan fingerprint density at radius 2 is 1.35 bits per heavy atom. The van der Waals surface area contributed by atoms with E-state index in [0.29, 0.717) is 11.6 Å². The lowest BCUT2D eigenvalue weighted by Crippen LogP contribution is -1.97. The predicted molar refractivity (Wildman–Crippen MR) is 174 cm³/mol. The number of pyridine rings is 1. The molecule has 0 aliphatic carbocycles. The molecule has 0 fully saturated rings. The van der Waals surface area contributed by atoms with E-state index in [2.05, 4.69) is 21.0 Å². The van der Waals surface area contributed by atoms with Crippen molar-refractivity contribution in [3.05, 3.63) is 121 Å². The summed E-state index contributed by atoms with van der Waals surface area (Å²) in [4.78, 5) is 13.9. The number of nitrogens with two attached hydrogens (primary N) is 2. The average Bonchev–Trinajstić information content (AvgIpc) is 3.61. The van der Waals surface area contributed by atoms with Crippen molar-refractivity contribution in [3.63, 3.8) is 0 Å². The van der Waals surface area contributed by atoms with Crippen molar-refractivity contribution in [1.29, 1.82) is 0 Å². The third-order valence-electron chi connectivity index (χ3n) is 7.61. The number of para-hydroxylation sites is 4. The number of aryl methyl sites for hydroxylation is 1. The maximum absolute atomic E-state index is 6.26. The zero-order valence-corrected chi connectivity index (χ0v) is 23.8. The maximum atomic E-state index is 6.26. The number of rotatable bonds is 3. The Morgan fingerprint density at radius 1 is 0.651 bits per heavy atom. The van der Waals surface area contributed by atoms with Gasteiger partial charge in [0.1, 0.15) is 17.2 Å². The minimum absolute atomic E-state index is 0.678. The van der Waals surface area contributed by atoms with Crippen molar-refractivity contribution in [1.82, 2.24) is 23.8 Å². The lowest BCUT2D eigenvalue weighted by molar-refractivity contribution is 0.415. The number of nitrogen functional groups attached to an aromatic ring is 2. The van der Waals surface area contributed by atoms with Gasteiger partial charge < -0.3 is 16.2 Å². The zero-order chi connectivity index (χ0) is 29.5. The van der Waals surface area contributed by atoms with Crippen molar-refractivity contribution < 1.29 is 4.74 Å². The minimum Gasteiger partial charge on any atom is -0.497 e. The van der Waals surface area contributed by atoms with Gasteiger partial charge in [-0.15, -0.1) is 0 Å². The van der Waals surface area contributed by atoms with Crippen LogP contribution in [0.1, 0.15) is 5.56 Å². The summed E-state index contributed by atoms with van der Waals surface area (Å²) < 4.78 is 9.17. The highest BCUT2D eigenvalue weighted by atomic mass is 16.5. The number of imidazole rings is 2. The molecule has 0 radical (unpaired) electrons. The second-order valence-electron chi connectivity index (χ2n) is 10.3. The Morgan fingerprint density at radius 3 is 2.09 bits per heavy atom. The van der Waals surface area contributed by atoms with E-state index in [0.717, 1.165) is 67.1 Å². The lowest BCUT2D eigenvalue weighted by atomic mass is 10.1. The zero-order valence-electron chi connectivity index (χ0n) is 23.8. The molecule has 4 N–H and O–H groups in total. The molecule has 0 saturated heterocycles. The summed E-state index contributed by atoms with van der Waals surface area (Å²) in [6, 6.07) is 36.0. The Kier molecular flexibility index (Phi) is 6.36. The highest BCUT2D eigenvalue weighted by Gasteiger charge is 2.10. The number of aromatic nitrogens is 5. The molecule has 0 unspecified atom stereocenters. The molecule has 8 heteroatoms. The van der Waals surface area contributed by atoms with Gasteiger partial charge in [0.15, 0.2) is 0 Å². The van der Waals surface area contributed by atoms with Crippen LogP contribution < -0.4 is 16.2 Å². The van der Waals surface area contributed by atoms with E-state index in [-0.39, 0.29) is 0 Å². The van der Waals surface area contributed by atoms with Crippen LogP contribution in [0.5, 0.6) is 5.75 Å². The normalized spacial score (nSPS) is 11.2. The number of nitrogens with zero attached hydrogens (tertiary/aromatic N) is 5. The van der Waals surface area contributed by atoms with E-state index < -0.39 is 0 Å². The highest BCUT2D eigenvalue weighted by Crippen LogP contribution is 2.28. The molecule has 8 nitrogen and oxygen atoms in total. The van der Waals surface area contributed by atoms with Crippen LogP contribution >= 0.6 is 0 Å². The van der Waals surface area contributed by atoms with E-state index in [1.807, 2.05) is 125 Å². The molecule has 8 aromatic rings. The van der Waals surface area contributed by atoms with Crippen molar-refractivity contribution in [3.8, 4) is 28.1 Å². The fraction of sp³-hybridized carbons (Fsp3) is 0.0571. The first-order valence-corrected chi connectivity index (χ1v) is 13.9. The van der Waals surface area contributed by atoms with Crippen molar-refractivity contribution in [2.75, 3.05) is 18.6 Å². The van der Waals surface area contributed by atoms with E-state index in [4.69, 9.17) is 16.2 Å². The summed E-state index contributed by atoms with van der Waals surface area (Å²) in [7, 11) is 1.66. The highest BCUT2D eigenvalue weighted by molar-refractivity contribution is 5.85. The third-order valence-corrected chi connectivity index (χ3v) is 7.61. The molecule has 4 aromatic carbocycles. The van der Waals surface area contributed by atoms with E-state index in [9.17, 15) is 0 Å². The van der Waals surface area contributed by atoms with E-state index >= 15 is 0 Å². The lowest BCUT2D eigenvalue weighted by Gasteiger charge is -2.07. The molecule has 0 aliphatic rings. The first-order valence-electron chi connectivity index (χ1n) is 13.9. The molecule has 4 aromatic heterocycles. The number of anilines is 2.